The van der Waals surface area contributed by atoms with Crippen LogP contribution in [0.15, 0.2) is 29.2 Å². The largest absolute Gasteiger partial charge is 0.334 e. The highest BCUT2D eigenvalue weighted by Crippen LogP contribution is 2.43. The lowest BCUT2D eigenvalue weighted by Crippen LogP contribution is -2.14. The molecule has 0 spiro atoms. The highest BCUT2D eigenvalue weighted by Gasteiger charge is 2.13. The van der Waals surface area contributed by atoms with Gasteiger partial charge < -0.3 is 9.87 Å². The molecule has 0 heterocycles. The number of amides is 1. The molecule has 4 nitrogen and oxygen atoms in total. The quantitative estimate of drug-likeness (QED) is 0.742. The lowest BCUT2D eigenvalue weighted by molar-refractivity contribution is -0.114. The summed E-state index contributed by atoms with van der Waals surface area (Å²) in [5.74, 6) is -0.101. The van der Waals surface area contributed by atoms with Crippen molar-refractivity contribution in [2.24, 2.45) is 0 Å². The van der Waals surface area contributed by atoms with Crippen LogP contribution in [0.5, 0.6) is 0 Å². The van der Waals surface area contributed by atoms with E-state index in [0.717, 1.165) is 10.6 Å². The number of anilines is 1. The number of benzene rings is 1. The topological polar surface area (TPSA) is 61.4 Å². The predicted octanol–water partition coefficient (Wildman–Crippen LogP) is 2.05. The van der Waals surface area contributed by atoms with Gasteiger partial charge in [-0.3, -0.25) is 9.52 Å². The molecular formula is C10H16N2O2S. The lowest BCUT2D eigenvalue weighted by atomic mass is 10.3. The molecule has 1 amide bonds. The van der Waals surface area contributed by atoms with Gasteiger partial charge in [0.15, 0.2) is 0 Å². The van der Waals surface area contributed by atoms with Crippen molar-refractivity contribution in [3.8, 4) is 0 Å². The number of carbonyl (C=O) groups excluding carboxylic acids is 1. The molecule has 0 saturated carbocycles. The molecule has 15 heavy (non-hydrogen) atoms. The Morgan fingerprint density at radius 1 is 1.33 bits per heavy atom. The van der Waals surface area contributed by atoms with Crippen molar-refractivity contribution in [3.63, 3.8) is 0 Å². The van der Waals surface area contributed by atoms with Gasteiger partial charge in [0.05, 0.1) is 0 Å². The molecule has 0 radical (unpaired) electrons. The summed E-state index contributed by atoms with van der Waals surface area (Å²) in [5, 5.41) is 2.67. The smallest absolute Gasteiger partial charge is 0.221 e. The molecule has 1 aromatic carbocycles. The second kappa shape index (κ2) is 4.65. The normalized spacial score (nSPS) is 16.5. The van der Waals surface area contributed by atoms with Crippen LogP contribution in [0.25, 0.3) is 0 Å². The molecule has 1 atom stereocenters. The van der Waals surface area contributed by atoms with Crippen LogP contribution in [0.4, 0.5) is 5.69 Å². The van der Waals surface area contributed by atoms with E-state index in [1.165, 1.54) is 6.92 Å². The van der Waals surface area contributed by atoms with Gasteiger partial charge in [0.2, 0.25) is 5.91 Å². The van der Waals surface area contributed by atoms with Crippen LogP contribution in [-0.4, -0.2) is 23.8 Å². The molecule has 0 aromatic heterocycles. The predicted molar refractivity (Wildman–Crippen MR) is 64.2 cm³/mol. The summed E-state index contributed by atoms with van der Waals surface area (Å²) >= 11 is 0. The number of hydrogen-bond donors (Lipinski definition) is 3. The fraction of sp³-hybridized carbons (Fsp3) is 0.300. The third-order valence-corrected chi connectivity index (χ3v) is 4.02. The molecule has 3 N–H and O–H groups in total. The fourth-order valence-electron chi connectivity index (χ4n) is 1.12. The summed E-state index contributed by atoms with van der Waals surface area (Å²) in [6.07, 6.45) is 1.75. The minimum atomic E-state index is -1.91. The number of hydrogen-bond acceptors (Lipinski definition) is 3. The number of nitrogens with one attached hydrogen (secondary N) is 2. The van der Waals surface area contributed by atoms with Gasteiger partial charge >= 0.3 is 0 Å². The van der Waals surface area contributed by atoms with Crippen LogP contribution in [0.1, 0.15) is 6.92 Å². The van der Waals surface area contributed by atoms with Gasteiger partial charge in [-0.2, -0.15) is 0 Å². The molecule has 84 valence electrons. The van der Waals surface area contributed by atoms with E-state index in [0.29, 0.717) is 0 Å². The first-order valence-corrected chi connectivity index (χ1v) is 6.52. The van der Waals surface area contributed by atoms with Crippen molar-refractivity contribution < 1.29 is 9.35 Å². The summed E-state index contributed by atoms with van der Waals surface area (Å²) in [7, 11) is -0.187. The Kier molecular flexibility index (Phi) is 3.73. The van der Waals surface area contributed by atoms with Crippen molar-refractivity contribution >= 4 is 22.1 Å². The fourth-order valence-corrected chi connectivity index (χ4v) is 2.03. The van der Waals surface area contributed by atoms with Gasteiger partial charge in [-0.1, -0.05) is 10.5 Å². The van der Waals surface area contributed by atoms with Crippen molar-refractivity contribution in [2.45, 2.75) is 11.8 Å². The van der Waals surface area contributed by atoms with E-state index in [1.54, 1.807) is 37.6 Å². The minimum absolute atomic E-state index is 0.101. The first-order valence-electron chi connectivity index (χ1n) is 4.52. The second-order valence-corrected chi connectivity index (χ2v) is 5.92. The summed E-state index contributed by atoms with van der Waals surface area (Å²) < 4.78 is 12.8. The second-order valence-electron chi connectivity index (χ2n) is 3.29. The van der Waals surface area contributed by atoms with E-state index < -0.39 is 10.5 Å². The molecule has 1 unspecified atom stereocenters. The molecule has 0 saturated heterocycles. The average Bonchev–Trinajstić information content (AvgIpc) is 2.18. The molecule has 0 aliphatic heterocycles. The molecule has 0 aliphatic carbocycles. The van der Waals surface area contributed by atoms with Gasteiger partial charge in [-0.25, -0.2) is 0 Å². The first kappa shape index (κ1) is 12.0. The van der Waals surface area contributed by atoms with Gasteiger partial charge in [0.25, 0.3) is 0 Å². The Hall–Kier alpha value is -1.04. The van der Waals surface area contributed by atoms with Crippen LogP contribution in [0.2, 0.25) is 0 Å². The SMILES string of the molecule is CNS(C)(O)c1ccc(NC(C)=O)cc1. The Bertz CT molecular complexity index is 349. The summed E-state index contributed by atoms with van der Waals surface area (Å²) in [6, 6.07) is 7.15. The van der Waals surface area contributed by atoms with E-state index >= 15 is 0 Å². The van der Waals surface area contributed by atoms with Crippen LogP contribution in [0.3, 0.4) is 0 Å². The molecular weight excluding hydrogens is 212 g/mol. The number of carbonyl (C=O) groups is 1. The first-order chi connectivity index (χ1) is 6.95. The molecule has 0 aliphatic rings. The zero-order valence-electron chi connectivity index (χ0n) is 9.07. The number of rotatable bonds is 3. The van der Waals surface area contributed by atoms with Crippen LogP contribution >= 0.6 is 10.5 Å². The Morgan fingerprint density at radius 3 is 2.27 bits per heavy atom. The van der Waals surface area contributed by atoms with Crippen molar-refractivity contribution in [1.82, 2.24) is 4.72 Å². The van der Waals surface area contributed by atoms with Gasteiger partial charge in [0, 0.05) is 23.8 Å². The Morgan fingerprint density at radius 2 is 1.87 bits per heavy atom. The zero-order chi connectivity index (χ0) is 11.5. The lowest BCUT2D eigenvalue weighted by Gasteiger charge is -2.28. The van der Waals surface area contributed by atoms with Crippen LogP contribution < -0.4 is 10.0 Å². The maximum Gasteiger partial charge on any atom is 0.221 e. The van der Waals surface area contributed by atoms with E-state index in [2.05, 4.69) is 10.0 Å². The molecule has 0 bridgehead atoms. The monoisotopic (exact) mass is 228 g/mol. The maximum absolute atomic E-state index is 10.8. The van der Waals surface area contributed by atoms with E-state index in [9.17, 15) is 9.35 Å². The molecule has 1 rings (SSSR count). The van der Waals surface area contributed by atoms with Gasteiger partial charge in [-0.05, 0) is 31.3 Å². The Balaban J connectivity index is 2.85. The third kappa shape index (κ3) is 3.23. The third-order valence-electron chi connectivity index (χ3n) is 2.03. The molecule has 0 fully saturated rings. The van der Waals surface area contributed by atoms with Crippen molar-refractivity contribution in [2.75, 3.05) is 18.6 Å². The maximum atomic E-state index is 10.8. The van der Waals surface area contributed by atoms with Crippen molar-refractivity contribution in [3.05, 3.63) is 24.3 Å². The molecule has 1 aromatic rings. The molecule has 5 heteroatoms. The highest BCUT2D eigenvalue weighted by molar-refractivity contribution is 8.26. The Labute approximate surface area is 91.4 Å². The minimum Gasteiger partial charge on any atom is -0.334 e. The highest BCUT2D eigenvalue weighted by atomic mass is 32.3. The zero-order valence-corrected chi connectivity index (χ0v) is 9.89. The summed E-state index contributed by atoms with van der Waals surface area (Å²) in [6.45, 7) is 1.46. The summed E-state index contributed by atoms with van der Waals surface area (Å²) in [5.41, 5.74) is 0.734. The van der Waals surface area contributed by atoms with Crippen LogP contribution in [-0.2, 0) is 4.79 Å². The average molecular weight is 228 g/mol. The van der Waals surface area contributed by atoms with Gasteiger partial charge in [0.1, 0.15) is 0 Å². The van der Waals surface area contributed by atoms with Gasteiger partial charge in [-0.15, -0.1) is 0 Å². The van der Waals surface area contributed by atoms with E-state index in [1.807, 2.05) is 0 Å². The van der Waals surface area contributed by atoms with E-state index in [4.69, 9.17) is 0 Å². The van der Waals surface area contributed by atoms with Crippen molar-refractivity contribution in [1.29, 1.82) is 0 Å². The summed E-state index contributed by atoms with van der Waals surface area (Å²) in [4.78, 5) is 11.6. The standard InChI is InChI=1S/C10H16N2O2S/c1-8(13)12-9-4-6-10(7-5-9)15(3,14)11-2/h4-7,11,14H,1-3H3,(H,12,13). The van der Waals surface area contributed by atoms with E-state index in [-0.39, 0.29) is 5.91 Å². The van der Waals surface area contributed by atoms with Crippen LogP contribution in [0, 0.1) is 0 Å².